The van der Waals surface area contributed by atoms with E-state index >= 15 is 0 Å². The first-order chi connectivity index (χ1) is 14.3. The largest absolute Gasteiger partial charge is 0.339 e. The van der Waals surface area contributed by atoms with Crippen LogP contribution in [0.5, 0.6) is 0 Å². The Bertz CT molecular complexity index is 1080. The second-order valence-corrected chi connectivity index (χ2v) is 10.5. The molecule has 7 nitrogen and oxygen atoms in total. The predicted octanol–water partition coefficient (Wildman–Crippen LogP) is 2.26. The maximum absolute atomic E-state index is 13.3. The van der Waals surface area contributed by atoms with Crippen LogP contribution in [0.4, 0.5) is 4.39 Å². The minimum Gasteiger partial charge on any atom is -0.339 e. The molecule has 0 bridgehead atoms. The fourth-order valence-corrected chi connectivity index (χ4v) is 6.13. The van der Waals surface area contributed by atoms with E-state index < -0.39 is 27.8 Å². The van der Waals surface area contributed by atoms with E-state index in [-0.39, 0.29) is 41.8 Å². The van der Waals surface area contributed by atoms with Crippen LogP contribution in [0, 0.1) is 5.82 Å². The summed E-state index contributed by atoms with van der Waals surface area (Å²) in [5, 5.41) is 10.2. The Morgan fingerprint density at radius 3 is 2.63 bits per heavy atom. The summed E-state index contributed by atoms with van der Waals surface area (Å²) in [4.78, 5) is 26.1. The number of nitrogens with one attached hydrogen (secondary N) is 1. The number of carbonyl (C=O) groups excluding carboxylic acids is 2. The number of nitrogens with zero attached hydrogens (tertiary/aromatic N) is 2. The van der Waals surface area contributed by atoms with Crippen molar-refractivity contribution in [3.8, 4) is 0 Å². The van der Waals surface area contributed by atoms with Gasteiger partial charge < -0.3 is 5.32 Å². The molecule has 0 radical (unpaired) electrons. The molecule has 1 fully saturated rings. The number of halogens is 1. The molecule has 2 aliphatic rings. The van der Waals surface area contributed by atoms with Crippen molar-refractivity contribution < 1.29 is 22.4 Å². The third-order valence-electron chi connectivity index (χ3n) is 5.18. The summed E-state index contributed by atoms with van der Waals surface area (Å²) in [6, 6.07) is 8.61. The quantitative estimate of drug-likeness (QED) is 0.757. The van der Waals surface area contributed by atoms with Gasteiger partial charge in [-0.05, 0) is 35.6 Å². The van der Waals surface area contributed by atoms with Crippen molar-refractivity contribution in [2.75, 3.05) is 11.5 Å². The second-order valence-electron chi connectivity index (χ2n) is 7.32. The molecule has 2 aliphatic heterocycles. The number of hydrogen-bond acceptors (Lipinski definition) is 6. The molecule has 2 unspecified atom stereocenters. The number of hydrogen-bond donors (Lipinski definition) is 1. The van der Waals surface area contributed by atoms with Crippen LogP contribution >= 0.6 is 11.3 Å². The first kappa shape index (κ1) is 20.7. The van der Waals surface area contributed by atoms with E-state index in [1.807, 2.05) is 17.5 Å². The van der Waals surface area contributed by atoms with E-state index in [9.17, 15) is 22.4 Å². The molecule has 4 rings (SSSR count). The monoisotopic (exact) mass is 449 g/mol. The Kier molecular flexibility index (Phi) is 5.70. The van der Waals surface area contributed by atoms with Crippen molar-refractivity contribution in [1.29, 1.82) is 0 Å². The molecule has 1 aromatic heterocycles. The van der Waals surface area contributed by atoms with Gasteiger partial charge in [0.15, 0.2) is 9.84 Å². The van der Waals surface area contributed by atoms with E-state index in [4.69, 9.17) is 0 Å². The number of thiophene rings is 1. The lowest BCUT2D eigenvalue weighted by atomic mass is 10.0. The molecule has 0 saturated carbocycles. The van der Waals surface area contributed by atoms with E-state index in [0.29, 0.717) is 6.42 Å². The van der Waals surface area contributed by atoms with Gasteiger partial charge in [-0.15, -0.1) is 11.3 Å². The smallest absolute Gasteiger partial charge is 0.268 e. The maximum atomic E-state index is 13.3. The minimum absolute atomic E-state index is 0.0174. The standard InChI is InChI=1S/C20H20FN3O4S2/c21-14-5-3-13(4-6-14)19(17-2-1-10-29-17)22-20(26)16-7-8-18(25)24(23-16)15-9-11-30(27,28)12-15/h1-6,10,15,19H,7-9,11-12H2,(H,22,26). The van der Waals surface area contributed by atoms with Gasteiger partial charge in [-0.3, -0.25) is 9.59 Å². The number of sulfone groups is 1. The first-order valence-corrected chi connectivity index (χ1v) is 12.2. The van der Waals surface area contributed by atoms with Gasteiger partial charge in [0.25, 0.3) is 5.91 Å². The molecule has 2 atom stereocenters. The number of rotatable bonds is 5. The topological polar surface area (TPSA) is 95.9 Å². The zero-order chi connectivity index (χ0) is 21.3. The Balaban J connectivity index is 1.57. The maximum Gasteiger partial charge on any atom is 0.268 e. The summed E-state index contributed by atoms with van der Waals surface area (Å²) in [6.45, 7) is 0. The SMILES string of the molecule is O=C(NC(c1ccc(F)cc1)c1cccs1)C1=NN(C2CCS(=O)(=O)C2)C(=O)CC1. The fourth-order valence-electron chi connectivity index (χ4n) is 3.63. The van der Waals surface area contributed by atoms with Gasteiger partial charge in [0.05, 0.1) is 23.6 Å². The molecule has 1 N–H and O–H groups in total. The molecule has 2 amide bonds. The Labute approximate surface area is 177 Å². The summed E-state index contributed by atoms with van der Waals surface area (Å²) in [6.07, 6.45) is 0.601. The van der Waals surface area contributed by atoms with Crippen LogP contribution in [0.25, 0.3) is 0 Å². The second kappa shape index (κ2) is 8.27. The summed E-state index contributed by atoms with van der Waals surface area (Å²) in [5.74, 6) is -1.20. The van der Waals surface area contributed by atoms with Gasteiger partial charge in [0, 0.05) is 17.7 Å². The third kappa shape index (κ3) is 4.44. The molecule has 2 aromatic rings. The molecule has 3 heterocycles. The fraction of sp³-hybridized carbons (Fsp3) is 0.350. The van der Waals surface area contributed by atoms with Crippen LogP contribution in [0.1, 0.15) is 35.7 Å². The number of carbonyl (C=O) groups is 2. The summed E-state index contributed by atoms with van der Waals surface area (Å²) < 4.78 is 36.9. The summed E-state index contributed by atoms with van der Waals surface area (Å²) in [5.41, 5.74) is 0.904. The highest BCUT2D eigenvalue weighted by Gasteiger charge is 2.37. The van der Waals surface area contributed by atoms with Crippen molar-refractivity contribution in [2.24, 2.45) is 5.10 Å². The highest BCUT2D eigenvalue weighted by atomic mass is 32.2. The van der Waals surface area contributed by atoms with Gasteiger partial charge in [0.2, 0.25) is 5.91 Å². The van der Waals surface area contributed by atoms with Crippen LogP contribution in [0.2, 0.25) is 0 Å². The molecule has 0 spiro atoms. The van der Waals surface area contributed by atoms with Crippen LogP contribution in [-0.2, 0) is 19.4 Å². The summed E-state index contributed by atoms with van der Waals surface area (Å²) >= 11 is 1.46. The van der Waals surface area contributed by atoms with Gasteiger partial charge in [-0.2, -0.15) is 5.10 Å². The highest BCUT2D eigenvalue weighted by Crippen LogP contribution is 2.27. The lowest BCUT2D eigenvalue weighted by Crippen LogP contribution is -2.44. The normalized spacial score (nSPS) is 21.9. The van der Waals surface area contributed by atoms with Crippen LogP contribution < -0.4 is 5.32 Å². The molecular weight excluding hydrogens is 429 g/mol. The Morgan fingerprint density at radius 2 is 2.00 bits per heavy atom. The van der Waals surface area contributed by atoms with E-state index in [1.165, 1.54) is 28.5 Å². The van der Waals surface area contributed by atoms with Crippen LogP contribution in [0.15, 0.2) is 46.9 Å². The Morgan fingerprint density at radius 1 is 1.23 bits per heavy atom. The third-order valence-corrected chi connectivity index (χ3v) is 7.87. The number of benzene rings is 1. The van der Waals surface area contributed by atoms with E-state index in [2.05, 4.69) is 10.4 Å². The minimum atomic E-state index is -3.19. The van der Waals surface area contributed by atoms with Gasteiger partial charge in [-0.1, -0.05) is 18.2 Å². The van der Waals surface area contributed by atoms with Crippen molar-refractivity contribution in [3.05, 3.63) is 58.0 Å². The average Bonchev–Trinajstić information content (AvgIpc) is 3.37. The van der Waals surface area contributed by atoms with Crippen LogP contribution in [-0.4, -0.2) is 48.5 Å². The zero-order valence-corrected chi connectivity index (χ0v) is 17.6. The molecule has 0 aliphatic carbocycles. The van der Waals surface area contributed by atoms with Crippen LogP contribution in [0.3, 0.4) is 0 Å². The zero-order valence-electron chi connectivity index (χ0n) is 16.0. The first-order valence-electron chi connectivity index (χ1n) is 9.52. The molecule has 1 aromatic carbocycles. The lowest BCUT2D eigenvalue weighted by molar-refractivity contribution is -0.133. The van der Waals surface area contributed by atoms with Crippen molar-refractivity contribution >= 4 is 38.7 Å². The lowest BCUT2D eigenvalue weighted by Gasteiger charge is -2.28. The molecule has 1 saturated heterocycles. The van der Waals surface area contributed by atoms with E-state index in [0.717, 1.165) is 10.4 Å². The summed E-state index contributed by atoms with van der Waals surface area (Å²) in [7, 11) is -3.19. The van der Waals surface area contributed by atoms with Crippen molar-refractivity contribution in [3.63, 3.8) is 0 Å². The number of amides is 2. The average molecular weight is 450 g/mol. The van der Waals surface area contributed by atoms with Gasteiger partial charge >= 0.3 is 0 Å². The van der Waals surface area contributed by atoms with Crippen molar-refractivity contribution in [1.82, 2.24) is 10.3 Å². The number of hydrazone groups is 1. The molecule has 30 heavy (non-hydrogen) atoms. The van der Waals surface area contributed by atoms with Crippen molar-refractivity contribution in [2.45, 2.75) is 31.3 Å². The van der Waals surface area contributed by atoms with E-state index in [1.54, 1.807) is 12.1 Å². The predicted molar refractivity (Wildman–Crippen MR) is 111 cm³/mol. The molecular formula is C20H20FN3O4S2. The molecule has 158 valence electrons. The molecule has 10 heteroatoms. The van der Waals surface area contributed by atoms with Gasteiger partial charge in [0.1, 0.15) is 11.5 Å². The van der Waals surface area contributed by atoms with Gasteiger partial charge in [-0.25, -0.2) is 17.8 Å². The highest BCUT2D eigenvalue weighted by molar-refractivity contribution is 7.91. The Hall–Kier alpha value is -2.59.